The van der Waals surface area contributed by atoms with Crippen LogP contribution in [-0.2, 0) is 19.4 Å². The SMILES string of the molecule is CCc1nc2n(n1)CC(NC(=NC)NCC(c1c(F)cccc1F)N(C)C)CC2. The van der Waals surface area contributed by atoms with E-state index >= 15 is 0 Å². The predicted molar refractivity (Wildman–Crippen MR) is 109 cm³/mol. The van der Waals surface area contributed by atoms with Crippen LogP contribution >= 0.6 is 0 Å². The van der Waals surface area contributed by atoms with Crippen LogP contribution in [0.4, 0.5) is 8.78 Å². The van der Waals surface area contributed by atoms with Gasteiger partial charge in [0.2, 0.25) is 0 Å². The molecule has 1 aliphatic heterocycles. The zero-order chi connectivity index (χ0) is 21.0. The lowest BCUT2D eigenvalue weighted by Crippen LogP contribution is -2.48. The van der Waals surface area contributed by atoms with Crippen molar-refractivity contribution in [1.82, 2.24) is 30.3 Å². The summed E-state index contributed by atoms with van der Waals surface area (Å²) in [6.45, 7) is 3.07. The molecule has 9 heteroatoms. The van der Waals surface area contributed by atoms with Gasteiger partial charge in [-0.25, -0.2) is 18.4 Å². The highest BCUT2D eigenvalue weighted by Gasteiger charge is 2.24. The molecule has 0 aliphatic carbocycles. The molecule has 0 saturated heterocycles. The lowest BCUT2D eigenvalue weighted by atomic mass is 10.0. The minimum atomic E-state index is -0.550. The summed E-state index contributed by atoms with van der Waals surface area (Å²) >= 11 is 0. The number of halogens is 2. The molecule has 2 aromatic rings. The highest BCUT2D eigenvalue weighted by atomic mass is 19.1. The molecular formula is C20H29F2N7. The fourth-order valence-corrected chi connectivity index (χ4v) is 3.58. The van der Waals surface area contributed by atoms with Gasteiger partial charge < -0.3 is 15.5 Å². The summed E-state index contributed by atoms with van der Waals surface area (Å²) in [7, 11) is 5.28. The molecule has 2 N–H and O–H groups in total. The maximum Gasteiger partial charge on any atom is 0.191 e. The monoisotopic (exact) mass is 405 g/mol. The van der Waals surface area contributed by atoms with Crippen LogP contribution in [0, 0.1) is 11.6 Å². The third-order valence-corrected chi connectivity index (χ3v) is 5.20. The summed E-state index contributed by atoms with van der Waals surface area (Å²) in [4.78, 5) is 10.6. The van der Waals surface area contributed by atoms with Crippen molar-refractivity contribution in [2.75, 3.05) is 27.7 Å². The Morgan fingerprint density at radius 2 is 2.07 bits per heavy atom. The molecule has 3 rings (SSSR count). The van der Waals surface area contributed by atoms with Crippen LogP contribution in [0.1, 0.15) is 36.6 Å². The number of aliphatic imine (C=N–C) groups is 1. The number of aryl methyl sites for hydroxylation is 2. The van der Waals surface area contributed by atoms with Gasteiger partial charge in [-0.2, -0.15) is 5.10 Å². The summed E-state index contributed by atoms with van der Waals surface area (Å²) in [5.74, 6) is 1.38. The van der Waals surface area contributed by atoms with Gasteiger partial charge in [-0.3, -0.25) is 4.99 Å². The van der Waals surface area contributed by atoms with Crippen molar-refractivity contribution in [2.24, 2.45) is 4.99 Å². The Hall–Kier alpha value is -2.55. The van der Waals surface area contributed by atoms with Crippen LogP contribution < -0.4 is 10.6 Å². The Morgan fingerprint density at radius 1 is 1.34 bits per heavy atom. The predicted octanol–water partition coefficient (Wildman–Crippen LogP) is 1.90. The number of nitrogens with one attached hydrogen (secondary N) is 2. The Morgan fingerprint density at radius 3 is 2.69 bits per heavy atom. The van der Waals surface area contributed by atoms with Gasteiger partial charge in [-0.15, -0.1) is 0 Å². The van der Waals surface area contributed by atoms with Gasteiger partial charge in [0.1, 0.15) is 17.5 Å². The van der Waals surface area contributed by atoms with Crippen LogP contribution in [0.15, 0.2) is 23.2 Å². The van der Waals surface area contributed by atoms with E-state index in [-0.39, 0.29) is 11.6 Å². The molecule has 7 nitrogen and oxygen atoms in total. The Balaban J connectivity index is 1.64. The highest BCUT2D eigenvalue weighted by Crippen LogP contribution is 2.24. The number of hydrogen-bond acceptors (Lipinski definition) is 4. The molecule has 158 valence electrons. The first-order chi connectivity index (χ1) is 13.9. The molecule has 0 amide bonds. The van der Waals surface area contributed by atoms with E-state index in [2.05, 4.69) is 25.7 Å². The Bertz CT molecular complexity index is 842. The number of aromatic nitrogens is 3. The van der Waals surface area contributed by atoms with E-state index < -0.39 is 17.7 Å². The van der Waals surface area contributed by atoms with Gasteiger partial charge in [-0.1, -0.05) is 13.0 Å². The summed E-state index contributed by atoms with van der Waals surface area (Å²) in [5, 5.41) is 11.1. The van der Waals surface area contributed by atoms with E-state index in [0.29, 0.717) is 19.0 Å². The average molecular weight is 405 g/mol. The van der Waals surface area contributed by atoms with Crippen molar-refractivity contribution >= 4 is 5.96 Å². The molecule has 0 saturated carbocycles. The number of hydrogen-bond donors (Lipinski definition) is 2. The second-order valence-electron chi connectivity index (χ2n) is 7.43. The summed E-state index contributed by atoms with van der Waals surface area (Å²) < 4.78 is 30.5. The van der Waals surface area contributed by atoms with Crippen LogP contribution in [0.3, 0.4) is 0 Å². The lowest BCUT2D eigenvalue weighted by Gasteiger charge is -2.29. The molecule has 2 unspecified atom stereocenters. The van der Waals surface area contributed by atoms with Gasteiger partial charge in [-0.05, 0) is 32.6 Å². The molecule has 1 aromatic heterocycles. The van der Waals surface area contributed by atoms with Crippen molar-refractivity contribution in [3.05, 3.63) is 47.0 Å². The fourth-order valence-electron chi connectivity index (χ4n) is 3.58. The first-order valence-electron chi connectivity index (χ1n) is 9.93. The summed E-state index contributed by atoms with van der Waals surface area (Å²) in [5.41, 5.74) is 0.0532. The number of rotatable bonds is 6. The molecule has 0 spiro atoms. The first kappa shape index (κ1) is 21.2. The maximum atomic E-state index is 14.3. The second-order valence-corrected chi connectivity index (χ2v) is 7.43. The van der Waals surface area contributed by atoms with E-state index in [1.54, 1.807) is 26.0 Å². The van der Waals surface area contributed by atoms with E-state index in [1.807, 2.05) is 11.6 Å². The van der Waals surface area contributed by atoms with Crippen LogP contribution in [0.2, 0.25) is 0 Å². The van der Waals surface area contributed by atoms with Crippen LogP contribution in [0.5, 0.6) is 0 Å². The van der Waals surface area contributed by atoms with Crippen molar-refractivity contribution in [1.29, 1.82) is 0 Å². The summed E-state index contributed by atoms with van der Waals surface area (Å²) in [6, 6.07) is 3.62. The topological polar surface area (TPSA) is 70.4 Å². The van der Waals surface area contributed by atoms with Crippen molar-refractivity contribution in [2.45, 2.75) is 44.8 Å². The van der Waals surface area contributed by atoms with Gasteiger partial charge in [0, 0.05) is 38.0 Å². The molecule has 1 aliphatic rings. The number of likely N-dealkylation sites (N-methyl/N-ethyl adjacent to an activating group) is 1. The van der Waals surface area contributed by atoms with E-state index in [9.17, 15) is 8.78 Å². The van der Waals surface area contributed by atoms with Gasteiger partial charge >= 0.3 is 0 Å². The maximum absolute atomic E-state index is 14.3. The van der Waals surface area contributed by atoms with Crippen LogP contribution in [-0.4, -0.2) is 59.4 Å². The molecule has 2 atom stereocenters. The third-order valence-electron chi connectivity index (χ3n) is 5.20. The molecule has 2 heterocycles. The van der Waals surface area contributed by atoms with Crippen LogP contribution in [0.25, 0.3) is 0 Å². The molecule has 0 bridgehead atoms. The standard InChI is InChI=1S/C20H29F2N7/c1-5-17-26-18-10-9-13(12-29(18)27-17)25-20(23-2)24-11-16(28(3)4)19-14(21)7-6-8-15(19)22/h6-8,13,16H,5,9-12H2,1-4H3,(H2,23,24,25). The minimum Gasteiger partial charge on any atom is -0.354 e. The quantitative estimate of drug-likeness (QED) is 0.568. The molecule has 0 fully saturated rings. The fraction of sp³-hybridized carbons (Fsp3) is 0.550. The molecule has 29 heavy (non-hydrogen) atoms. The normalized spacial score (nSPS) is 17.9. The van der Waals surface area contributed by atoms with E-state index in [0.717, 1.165) is 30.9 Å². The lowest BCUT2D eigenvalue weighted by molar-refractivity contribution is 0.282. The Kier molecular flexibility index (Phi) is 6.79. The largest absolute Gasteiger partial charge is 0.354 e. The first-order valence-corrected chi connectivity index (χ1v) is 9.93. The van der Waals surface area contributed by atoms with Gasteiger partial charge in [0.15, 0.2) is 11.8 Å². The molecule has 0 radical (unpaired) electrons. The van der Waals surface area contributed by atoms with Gasteiger partial charge in [0.25, 0.3) is 0 Å². The molecule has 1 aromatic carbocycles. The zero-order valence-electron chi connectivity index (χ0n) is 17.4. The average Bonchev–Trinajstić information content (AvgIpc) is 3.11. The minimum absolute atomic E-state index is 0.0532. The van der Waals surface area contributed by atoms with E-state index in [4.69, 9.17) is 0 Å². The Labute approximate surface area is 170 Å². The smallest absolute Gasteiger partial charge is 0.191 e. The number of guanidine groups is 1. The summed E-state index contributed by atoms with van der Waals surface area (Å²) in [6.07, 6.45) is 2.59. The van der Waals surface area contributed by atoms with Crippen molar-refractivity contribution in [3.8, 4) is 0 Å². The third kappa shape index (κ3) is 4.90. The van der Waals surface area contributed by atoms with Crippen molar-refractivity contribution < 1.29 is 8.78 Å². The number of benzene rings is 1. The highest BCUT2D eigenvalue weighted by molar-refractivity contribution is 5.80. The van der Waals surface area contributed by atoms with Crippen molar-refractivity contribution in [3.63, 3.8) is 0 Å². The number of fused-ring (bicyclic) bond motifs is 1. The second kappa shape index (κ2) is 9.30. The number of nitrogens with zero attached hydrogens (tertiary/aromatic N) is 5. The van der Waals surface area contributed by atoms with E-state index in [1.165, 1.54) is 18.2 Å². The van der Waals surface area contributed by atoms with Gasteiger partial charge in [0.05, 0.1) is 12.6 Å². The zero-order valence-corrected chi connectivity index (χ0v) is 17.4. The molecular weight excluding hydrogens is 376 g/mol.